The molecule has 0 aliphatic heterocycles. The Bertz CT molecular complexity index is 682. The summed E-state index contributed by atoms with van der Waals surface area (Å²) < 4.78 is 3.93. The van der Waals surface area contributed by atoms with E-state index < -0.39 is 5.91 Å². The first-order chi connectivity index (χ1) is 8.77. The van der Waals surface area contributed by atoms with Crippen molar-refractivity contribution in [1.29, 1.82) is 0 Å². The third kappa shape index (κ3) is 2.98. The number of nitrogens with zero attached hydrogens (tertiary/aromatic N) is 1. The Morgan fingerprint density at radius 2 is 1.94 bits per heavy atom. The molecule has 0 spiro atoms. The summed E-state index contributed by atoms with van der Waals surface area (Å²) >= 11 is 1.31. The lowest BCUT2D eigenvalue weighted by Crippen LogP contribution is -2.12. The van der Waals surface area contributed by atoms with E-state index >= 15 is 0 Å². The smallest absolute Gasteiger partial charge is 0.249 e. The van der Waals surface area contributed by atoms with Crippen LogP contribution in [0.5, 0.6) is 0 Å². The number of rotatable bonds is 1. The quantitative estimate of drug-likeness (QED) is 0.784. The van der Waals surface area contributed by atoms with Crippen molar-refractivity contribution in [2.45, 2.75) is 0 Å². The molecule has 1 heterocycles. The van der Waals surface area contributed by atoms with Crippen molar-refractivity contribution in [1.82, 2.24) is 4.37 Å². The molecule has 0 atom stereocenters. The molecule has 0 saturated carbocycles. The zero-order valence-electron chi connectivity index (χ0n) is 9.31. The molecule has 18 heavy (non-hydrogen) atoms. The third-order valence-corrected chi connectivity index (χ3v) is 2.74. The Balaban J connectivity index is 2.23. The fraction of sp³-hybridized carbons (Fsp3) is 0. The molecule has 2 rings (SSSR count). The molecule has 0 aliphatic rings. The van der Waals surface area contributed by atoms with Gasteiger partial charge in [0.05, 0.1) is 10.4 Å². The summed E-state index contributed by atoms with van der Waals surface area (Å²) in [5.74, 6) is 10.6. The fourth-order valence-corrected chi connectivity index (χ4v) is 1.73. The van der Waals surface area contributed by atoms with Gasteiger partial charge in [-0.25, -0.2) is 0 Å². The maximum absolute atomic E-state index is 11.2. The Kier molecular flexibility index (Phi) is 3.76. The number of carbonyl (C=O) groups excluding carboxylic acids is 1. The largest absolute Gasteiger partial charge is 0.366 e. The van der Waals surface area contributed by atoms with Crippen LogP contribution in [0.1, 0.15) is 20.8 Å². The maximum Gasteiger partial charge on any atom is 0.249 e. The van der Waals surface area contributed by atoms with Crippen LogP contribution in [0.3, 0.4) is 0 Å². The number of benzene rings is 1. The van der Waals surface area contributed by atoms with Gasteiger partial charge in [0, 0.05) is 11.8 Å². The Morgan fingerprint density at radius 1 is 1.17 bits per heavy atom. The van der Waals surface area contributed by atoms with Crippen molar-refractivity contribution in [2.24, 2.45) is 5.73 Å². The number of primary amides is 1. The average molecular weight is 252 g/mol. The summed E-state index contributed by atoms with van der Waals surface area (Å²) in [6.07, 6.45) is 1.69. The molecule has 0 radical (unpaired) electrons. The van der Waals surface area contributed by atoms with Crippen LogP contribution in [0.2, 0.25) is 0 Å². The van der Waals surface area contributed by atoms with Gasteiger partial charge < -0.3 is 5.73 Å². The van der Waals surface area contributed by atoms with E-state index in [2.05, 4.69) is 28.1 Å². The van der Waals surface area contributed by atoms with Crippen LogP contribution in [0.25, 0.3) is 0 Å². The van der Waals surface area contributed by atoms with Crippen LogP contribution in [-0.2, 0) is 0 Å². The summed E-state index contributed by atoms with van der Waals surface area (Å²) in [5, 5.41) is 0. The molecule has 1 amide bonds. The minimum atomic E-state index is -0.490. The monoisotopic (exact) mass is 252 g/mol. The standard InChI is InChI=1S/C14H8N2OS/c15-14(17)13-8-4-2-6-11(13)5-1-3-7-12-9-10-16-18-12/h2,4,6,8-10H,(H2,15,17). The molecule has 1 aromatic heterocycles. The summed E-state index contributed by atoms with van der Waals surface area (Å²) in [6.45, 7) is 0. The van der Waals surface area contributed by atoms with Gasteiger partial charge in [0.2, 0.25) is 5.91 Å². The van der Waals surface area contributed by atoms with Crippen molar-refractivity contribution in [2.75, 3.05) is 0 Å². The molecular weight excluding hydrogens is 244 g/mol. The lowest BCUT2D eigenvalue weighted by atomic mass is 10.1. The second kappa shape index (κ2) is 5.67. The number of carbonyl (C=O) groups is 1. The fourth-order valence-electron chi connectivity index (χ4n) is 1.28. The SMILES string of the molecule is NC(=O)c1ccccc1C#CC#Cc1ccns1. The van der Waals surface area contributed by atoms with Crippen LogP contribution in [0, 0.1) is 23.7 Å². The summed E-state index contributed by atoms with van der Waals surface area (Å²) in [5.41, 5.74) is 6.24. The first-order valence-electron chi connectivity index (χ1n) is 5.09. The van der Waals surface area contributed by atoms with Gasteiger partial charge in [-0.05, 0) is 47.5 Å². The van der Waals surface area contributed by atoms with Crippen molar-refractivity contribution >= 4 is 17.4 Å². The second-order valence-electron chi connectivity index (χ2n) is 3.29. The summed E-state index contributed by atoms with van der Waals surface area (Å²) in [7, 11) is 0. The molecule has 1 aromatic carbocycles. The number of hydrogen-bond donors (Lipinski definition) is 1. The Morgan fingerprint density at radius 3 is 2.67 bits per heavy atom. The van der Waals surface area contributed by atoms with Gasteiger partial charge in [-0.15, -0.1) is 0 Å². The molecule has 2 N–H and O–H groups in total. The Hall–Kier alpha value is -2.56. The van der Waals surface area contributed by atoms with Crippen molar-refractivity contribution in [3.05, 3.63) is 52.5 Å². The molecular formula is C14H8N2OS. The van der Waals surface area contributed by atoms with E-state index in [4.69, 9.17) is 5.73 Å². The van der Waals surface area contributed by atoms with Gasteiger partial charge in [-0.3, -0.25) is 4.79 Å². The molecule has 2 aromatic rings. The average Bonchev–Trinajstić information content (AvgIpc) is 2.88. The first kappa shape index (κ1) is 11.9. The number of aromatic nitrogens is 1. The van der Waals surface area contributed by atoms with E-state index in [0.717, 1.165) is 4.88 Å². The van der Waals surface area contributed by atoms with E-state index in [1.807, 2.05) is 6.07 Å². The topological polar surface area (TPSA) is 56.0 Å². The van der Waals surface area contributed by atoms with E-state index in [1.165, 1.54) is 11.5 Å². The summed E-state index contributed by atoms with van der Waals surface area (Å²) in [6, 6.07) is 8.74. The lowest BCUT2D eigenvalue weighted by Gasteiger charge is -1.97. The molecule has 0 unspecified atom stereocenters. The third-order valence-electron chi connectivity index (χ3n) is 2.08. The van der Waals surface area contributed by atoms with E-state index in [1.54, 1.807) is 30.5 Å². The predicted octanol–water partition coefficient (Wildman–Crippen LogP) is 1.65. The molecule has 0 aliphatic carbocycles. The van der Waals surface area contributed by atoms with E-state index in [9.17, 15) is 4.79 Å². The van der Waals surface area contributed by atoms with Gasteiger partial charge in [-0.1, -0.05) is 18.1 Å². The van der Waals surface area contributed by atoms with Crippen LogP contribution < -0.4 is 5.73 Å². The molecule has 3 nitrogen and oxygen atoms in total. The highest BCUT2D eigenvalue weighted by Crippen LogP contribution is 2.05. The van der Waals surface area contributed by atoms with E-state index in [0.29, 0.717) is 11.1 Å². The lowest BCUT2D eigenvalue weighted by molar-refractivity contribution is 0.1000. The minimum Gasteiger partial charge on any atom is -0.366 e. The van der Waals surface area contributed by atoms with Crippen LogP contribution in [0.4, 0.5) is 0 Å². The zero-order valence-corrected chi connectivity index (χ0v) is 10.1. The van der Waals surface area contributed by atoms with Gasteiger partial charge in [0.25, 0.3) is 0 Å². The highest BCUT2D eigenvalue weighted by molar-refractivity contribution is 7.06. The van der Waals surface area contributed by atoms with Crippen LogP contribution in [0.15, 0.2) is 36.5 Å². The zero-order chi connectivity index (χ0) is 12.8. The van der Waals surface area contributed by atoms with Crippen molar-refractivity contribution in [3.63, 3.8) is 0 Å². The van der Waals surface area contributed by atoms with Gasteiger partial charge in [0.15, 0.2) is 0 Å². The molecule has 0 saturated heterocycles. The summed E-state index contributed by atoms with van der Waals surface area (Å²) in [4.78, 5) is 12.0. The number of nitrogens with two attached hydrogens (primary N) is 1. The first-order valence-corrected chi connectivity index (χ1v) is 5.86. The van der Waals surface area contributed by atoms with Crippen LogP contribution >= 0.6 is 11.5 Å². The molecule has 0 bridgehead atoms. The van der Waals surface area contributed by atoms with Gasteiger partial charge >= 0.3 is 0 Å². The maximum atomic E-state index is 11.2. The molecule has 0 fully saturated rings. The van der Waals surface area contributed by atoms with Gasteiger partial charge in [0.1, 0.15) is 0 Å². The highest BCUT2D eigenvalue weighted by atomic mass is 32.1. The number of amides is 1. The minimum absolute atomic E-state index is 0.407. The van der Waals surface area contributed by atoms with Gasteiger partial charge in [-0.2, -0.15) is 4.37 Å². The Labute approximate surface area is 109 Å². The molecule has 4 heteroatoms. The van der Waals surface area contributed by atoms with Crippen molar-refractivity contribution in [3.8, 4) is 23.7 Å². The molecule has 86 valence electrons. The van der Waals surface area contributed by atoms with Crippen LogP contribution in [-0.4, -0.2) is 10.3 Å². The highest BCUT2D eigenvalue weighted by Gasteiger charge is 2.03. The number of hydrogen-bond acceptors (Lipinski definition) is 3. The normalized spacial score (nSPS) is 8.67. The predicted molar refractivity (Wildman–Crippen MR) is 70.8 cm³/mol. The van der Waals surface area contributed by atoms with E-state index in [-0.39, 0.29) is 0 Å². The second-order valence-corrected chi connectivity index (χ2v) is 4.12. The van der Waals surface area contributed by atoms with Crippen molar-refractivity contribution < 1.29 is 4.79 Å².